The maximum atomic E-state index is 10.4. The van der Waals surface area contributed by atoms with Gasteiger partial charge in [-0.2, -0.15) is 0 Å². The summed E-state index contributed by atoms with van der Waals surface area (Å²) in [6.45, 7) is 4.41. The molecule has 0 amide bonds. The Morgan fingerprint density at radius 1 is 1.00 bits per heavy atom. The van der Waals surface area contributed by atoms with Crippen molar-refractivity contribution in [2.24, 2.45) is 5.92 Å². The molecule has 0 spiro atoms. The predicted octanol–water partition coefficient (Wildman–Crippen LogP) is 7.76. The minimum absolute atomic E-state index is 0.0851. The van der Waals surface area contributed by atoms with E-state index in [1.807, 2.05) is 0 Å². The van der Waals surface area contributed by atoms with Crippen molar-refractivity contribution in [1.29, 1.82) is 0 Å². The van der Waals surface area contributed by atoms with Crippen LogP contribution in [0.15, 0.2) is 36.4 Å². The quantitative estimate of drug-likeness (QED) is 0.224. The van der Waals surface area contributed by atoms with E-state index in [4.69, 9.17) is 23.2 Å². The van der Waals surface area contributed by atoms with Crippen LogP contribution in [0.25, 0.3) is 0 Å². The molecule has 0 radical (unpaired) electrons. The second-order valence-electron chi connectivity index (χ2n) is 7.98. The lowest BCUT2D eigenvalue weighted by Crippen LogP contribution is -2.16. The van der Waals surface area contributed by atoms with E-state index in [9.17, 15) is 5.11 Å². The van der Waals surface area contributed by atoms with Gasteiger partial charge in [-0.15, -0.1) is 23.2 Å². The summed E-state index contributed by atoms with van der Waals surface area (Å²) in [5.74, 6) is 0.670. The fraction of sp³-hybridized carbons (Fsp3) is 0.667. The normalized spacial score (nSPS) is 26.7. The molecule has 1 aromatic carbocycles. The number of benzene rings is 1. The maximum absolute atomic E-state index is 10.4. The largest absolute Gasteiger partial charge is 0.388 e. The maximum Gasteiger partial charge on any atom is 0.0790 e. The average molecular weight is 411 g/mol. The summed E-state index contributed by atoms with van der Waals surface area (Å²) in [7, 11) is 0. The molecule has 5 atom stereocenters. The zero-order chi connectivity index (χ0) is 19.6. The number of alkyl halides is 2. The van der Waals surface area contributed by atoms with Gasteiger partial charge in [-0.05, 0) is 42.7 Å². The Hall–Kier alpha value is -0.500. The minimum atomic E-state index is -0.362. The smallest absolute Gasteiger partial charge is 0.0790 e. The van der Waals surface area contributed by atoms with Crippen molar-refractivity contribution in [1.82, 2.24) is 0 Å². The van der Waals surface area contributed by atoms with Crippen molar-refractivity contribution in [3.63, 3.8) is 0 Å². The highest BCUT2D eigenvalue weighted by Crippen LogP contribution is 2.47. The molecule has 1 saturated carbocycles. The summed E-state index contributed by atoms with van der Waals surface area (Å²) in [5.41, 5.74) is 2.27. The zero-order valence-electron chi connectivity index (χ0n) is 16.9. The molecule has 2 rings (SSSR count). The van der Waals surface area contributed by atoms with Gasteiger partial charge >= 0.3 is 0 Å². The molecule has 0 heterocycles. The highest BCUT2D eigenvalue weighted by atomic mass is 35.5. The summed E-state index contributed by atoms with van der Waals surface area (Å²) in [5, 5.41) is 10.6. The van der Waals surface area contributed by atoms with Crippen LogP contribution in [0.4, 0.5) is 0 Å². The minimum Gasteiger partial charge on any atom is -0.388 e. The van der Waals surface area contributed by atoms with E-state index in [0.717, 1.165) is 37.7 Å². The van der Waals surface area contributed by atoms with Crippen molar-refractivity contribution in [2.75, 3.05) is 0 Å². The Labute approximate surface area is 176 Å². The van der Waals surface area contributed by atoms with Crippen LogP contribution in [0, 0.1) is 5.92 Å². The van der Waals surface area contributed by atoms with E-state index >= 15 is 0 Å². The molecule has 152 valence electrons. The Morgan fingerprint density at radius 2 is 1.70 bits per heavy atom. The van der Waals surface area contributed by atoms with Gasteiger partial charge in [0.25, 0.3) is 0 Å². The van der Waals surface area contributed by atoms with Gasteiger partial charge in [-0.25, -0.2) is 0 Å². The molecule has 0 saturated heterocycles. The third-order valence-electron chi connectivity index (χ3n) is 5.85. The number of unbranched alkanes of at least 4 members (excludes halogenated alkanes) is 4. The highest BCUT2D eigenvalue weighted by Gasteiger charge is 2.41. The van der Waals surface area contributed by atoms with Crippen molar-refractivity contribution in [3.05, 3.63) is 47.5 Å². The molecule has 1 N–H and O–H groups in total. The third kappa shape index (κ3) is 6.80. The molecule has 0 aromatic heterocycles. The Morgan fingerprint density at radius 3 is 2.37 bits per heavy atom. The molecule has 1 aromatic rings. The second kappa shape index (κ2) is 12.1. The van der Waals surface area contributed by atoms with Gasteiger partial charge in [0.15, 0.2) is 0 Å². The number of halogens is 2. The molecular formula is C24H36Cl2O. The summed E-state index contributed by atoms with van der Waals surface area (Å²) >= 11 is 13.3. The van der Waals surface area contributed by atoms with Crippen molar-refractivity contribution < 1.29 is 5.11 Å². The van der Waals surface area contributed by atoms with E-state index in [2.05, 4.69) is 50.3 Å². The fourth-order valence-corrected chi connectivity index (χ4v) is 5.23. The van der Waals surface area contributed by atoms with Crippen molar-refractivity contribution >= 4 is 23.2 Å². The second-order valence-corrected chi connectivity index (χ2v) is 9.11. The third-order valence-corrected chi connectivity index (χ3v) is 6.80. The van der Waals surface area contributed by atoms with Gasteiger partial charge in [0.2, 0.25) is 0 Å². The summed E-state index contributed by atoms with van der Waals surface area (Å²) in [6.07, 6.45) is 14.0. The van der Waals surface area contributed by atoms with Gasteiger partial charge in [0, 0.05) is 16.7 Å². The SMILES string of the molecule is CCCC/C=C\C[C@H]1[C@H](Cl)CC(Cl)[C@@H]1c1ccc(C(O)CCCCC)cc1. The average Bonchev–Trinajstić information content (AvgIpc) is 2.95. The van der Waals surface area contributed by atoms with Gasteiger partial charge in [0.05, 0.1) is 6.10 Å². The molecule has 2 unspecified atom stereocenters. The number of allylic oxidation sites excluding steroid dienone is 2. The number of hydrogen-bond donors (Lipinski definition) is 1. The van der Waals surface area contributed by atoms with E-state index < -0.39 is 0 Å². The molecule has 0 bridgehead atoms. The molecule has 1 aliphatic carbocycles. The van der Waals surface area contributed by atoms with Gasteiger partial charge in [-0.1, -0.05) is 82.4 Å². The topological polar surface area (TPSA) is 20.2 Å². The monoisotopic (exact) mass is 410 g/mol. The first-order valence-corrected chi connectivity index (χ1v) is 11.7. The van der Waals surface area contributed by atoms with Crippen LogP contribution in [0.1, 0.15) is 94.8 Å². The lowest BCUT2D eigenvalue weighted by molar-refractivity contribution is 0.163. The highest BCUT2D eigenvalue weighted by molar-refractivity contribution is 6.25. The van der Waals surface area contributed by atoms with Crippen LogP contribution < -0.4 is 0 Å². The first-order valence-electron chi connectivity index (χ1n) is 10.8. The summed E-state index contributed by atoms with van der Waals surface area (Å²) in [6, 6.07) is 8.46. The van der Waals surface area contributed by atoms with E-state index in [0.29, 0.717) is 5.92 Å². The van der Waals surface area contributed by atoms with Crippen molar-refractivity contribution in [3.8, 4) is 0 Å². The molecule has 0 aliphatic heterocycles. The summed E-state index contributed by atoms with van der Waals surface area (Å²) < 4.78 is 0. The van der Waals surface area contributed by atoms with Crippen LogP contribution >= 0.6 is 23.2 Å². The Bertz CT molecular complexity index is 554. The van der Waals surface area contributed by atoms with Crippen LogP contribution in [0.3, 0.4) is 0 Å². The molecule has 1 nitrogen and oxygen atoms in total. The number of rotatable bonds is 11. The van der Waals surface area contributed by atoms with E-state index in [1.54, 1.807) is 0 Å². The number of hydrogen-bond acceptors (Lipinski definition) is 1. The first kappa shape index (κ1) is 22.8. The Kier molecular flexibility index (Phi) is 10.2. The molecule has 1 aliphatic rings. The molecule has 3 heteroatoms. The predicted molar refractivity (Wildman–Crippen MR) is 119 cm³/mol. The van der Waals surface area contributed by atoms with E-state index in [1.165, 1.54) is 31.2 Å². The fourth-order valence-electron chi connectivity index (χ4n) is 4.17. The lowest BCUT2D eigenvalue weighted by atomic mass is 9.85. The molecule has 27 heavy (non-hydrogen) atoms. The van der Waals surface area contributed by atoms with E-state index in [-0.39, 0.29) is 22.8 Å². The van der Waals surface area contributed by atoms with Gasteiger partial charge < -0.3 is 5.11 Å². The van der Waals surface area contributed by atoms with Crippen molar-refractivity contribution in [2.45, 2.75) is 94.4 Å². The van der Waals surface area contributed by atoms with Gasteiger partial charge in [-0.3, -0.25) is 0 Å². The number of aliphatic hydroxyl groups is 1. The molecular weight excluding hydrogens is 375 g/mol. The lowest BCUT2D eigenvalue weighted by Gasteiger charge is -2.23. The zero-order valence-corrected chi connectivity index (χ0v) is 18.4. The number of aliphatic hydroxyl groups excluding tert-OH is 1. The van der Waals surface area contributed by atoms with Gasteiger partial charge in [0.1, 0.15) is 0 Å². The first-order chi connectivity index (χ1) is 13.1. The van der Waals surface area contributed by atoms with Crippen LogP contribution in [-0.4, -0.2) is 15.9 Å². The van der Waals surface area contributed by atoms with Crippen LogP contribution in [0.5, 0.6) is 0 Å². The van der Waals surface area contributed by atoms with Crippen LogP contribution in [0.2, 0.25) is 0 Å². The Balaban J connectivity index is 2.01. The van der Waals surface area contributed by atoms with Crippen LogP contribution in [-0.2, 0) is 0 Å². The molecule has 1 fully saturated rings. The standard InChI is InChI=1S/C24H36Cl2O/c1-3-5-7-8-10-11-20-21(25)17-22(26)24(20)19-15-13-18(14-16-19)23(27)12-9-6-4-2/h8,10,13-16,20-24,27H,3-7,9,11-12,17H2,1-2H3/b10-8-/t20-,21+,22?,23?,24+/m0/s1. The summed E-state index contributed by atoms with van der Waals surface area (Å²) in [4.78, 5) is 0.